The predicted molar refractivity (Wildman–Crippen MR) is 71.5 cm³/mol. The van der Waals surface area contributed by atoms with Gasteiger partial charge in [-0.15, -0.1) is 0 Å². The Labute approximate surface area is 101 Å². The van der Waals surface area contributed by atoms with Crippen LogP contribution in [-0.4, -0.2) is 18.1 Å². The molecular weight excluding hydrogens is 196 g/mol. The second-order valence-electron chi connectivity index (χ2n) is 6.16. The largest absolute Gasteiger partial charge is 0.328 e. The van der Waals surface area contributed by atoms with Gasteiger partial charge in [0.15, 0.2) is 0 Å². The number of rotatable bonds is 7. The fourth-order valence-electron chi connectivity index (χ4n) is 2.64. The van der Waals surface area contributed by atoms with Gasteiger partial charge in [-0.05, 0) is 52.0 Å². The summed E-state index contributed by atoms with van der Waals surface area (Å²) in [5.74, 6) is 0.788. The van der Waals surface area contributed by atoms with Gasteiger partial charge < -0.3 is 11.1 Å². The van der Waals surface area contributed by atoms with E-state index in [4.69, 9.17) is 5.73 Å². The topological polar surface area (TPSA) is 38.0 Å². The summed E-state index contributed by atoms with van der Waals surface area (Å²) in [6, 6.07) is 0.368. The van der Waals surface area contributed by atoms with Crippen LogP contribution in [0.1, 0.15) is 65.7 Å². The van der Waals surface area contributed by atoms with Gasteiger partial charge in [-0.25, -0.2) is 0 Å². The van der Waals surface area contributed by atoms with Crippen LogP contribution in [0.3, 0.4) is 0 Å². The Kier molecular flexibility index (Phi) is 5.77. The van der Waals surface area contributed by atoms with Crippen molar-refractivity contribution in [2.75, 3.05) is 6.54 Å². The van der Waals surface area contributed by atoms with Gasteiger partial charge in [-0.2, -0.15) is 0 Å². The maximum Gasteiger partial charge on any atom is 0.0153 e. The number of hydrogen-bond acceptors (Lipinski definition) is 2. The van der Waals surface area contributed by atoms with E-state index in [0.717, 1.165) is 5.92 Å². The molecule has 0 saturated heterocycles. The van der Waals surface area contributed by atoms with E-state index in [9.17, 15) is 0 Å². The quantitative estimate of drug-likeness (QED) is 0.700. The lowest BCUT2D eigenvalue weighted by Gasteiger charge is -2.27. The Morgan fingerprint density at radius 1 is 1.19 bits per heavy atom. The van der Waals surface area contributed by atoms with Gasteiger partial charge in [-0.1, -0.05) is 26.2 Å². The summed E-state index contributed by atoms with van der Waals surface area (Å²) < 4.78 is 0. The monoisotopic (exact) mass is 226 g/mol. The van der Waals surface area contributed by atoms with Crippen molar-refractivity contribution in [1.82, 2.24) is 5.32 Å². The van der Waals surface area contributed by atoms with Crippen LogP contribution in [0, 0.1) is 5.92 Å². The number of nitrogens with two attached hydrogens (primary N) is 1. The highest BCUT2D eigenvalue weighted by Gasteiger charge is 2.27. The Hall–Kier alpha value is -0.0800. The van der Waals surface area contributed by atoms with E-state index in [2.05, 4.69) is 26.1 Å². The highest BCUT2D eigenvalue weighted by atomic mass is 15.0. The Morgan fingerprint density at radius 3 is 2.38 bits per heavy atom. The van der Waals surface area contributed by atoms with Crippen LogP contribution in [0.5, 0.6) is 0 Å². The summed E-state index contributed by atoms with van der Waals surface area (Å²) in [5.41, 5.74) is 6.20. The molecule has 2 heteroatoms. The van der Waals surface area contributed by atoms with Gasteiger partial charge in [0.25, 0.3) is 0 Å². The molecule has 16 heavy (non-hydrogen) atoms. The highest BCUT2D eigenvalue weighted by molar-refractivity contribution is 4.88. The van der Waals surface area contributed by atoms with Crippen molar-refractivity contribution < 1.29 is 0 Å². The van der Waals surface area contributed by atoms with E-state index >= 15 is 0 Å². The van der Waals surface area contributed by atoms with Gasteiger partial charge in [0.2, 0.25) is 0 Å². The molecule has 2 atom stereocenters. The van der Waals surface area contributed by atoms with Gasteiger partial charge in [0, 0.05) is 11.6 Å². The van der Waals surface area contributed by atoms with Crippen molar-refractivity contribution in [3.05, 3.63) is 0 Å². The van der Waals surface area contributed by atoms with Gasteiger partial charge in [-0.3, -0.25) is 0 Å². The average Bonchev–Trinajstić information content (AvgIpc) is 2.62. The SMILES string of the molecule is CC(N)CCCC(C)CNC1(C)CCCC1. The smallest absolute Gasteiger partial charge is 0.0153 e. The Morgan fingerprint density at radius 2 is 1.81 bits per heavy atom. The first-order valence-electron chi connectivity index (χ1n) is 7.02. The molecule has 1 rings (SSSR count). The predicted octanol–water partition coefficient (Wildman–Crippen LogP) is 3.06. The molecule has 1 fully saturated rings. The maximum atomic E-state index is 5.76. The van der Waals surface area contributed by atoms with Gasteiger partial charge in [0.1, 0.15) is 0 Å². The average molecular weight is 226 g/mol. The number of nitrogens with one attached hydrogen (secondary N) is 1. The first-order valence-corrected chi connectivity index (χ1v) is 7.02. The molecule has 0 heterocycles. The third-order valence-electron chi connectivity index (χ3n) is 3.94. The van der Waals surface area contributed by atoms with Crippen LogP contribution in [0.15, 0.2) is 0 Å². The molecule has 2 nitrogen and oxygen atoms in total. The molecule has 3 N–H and O–H groups in total. The maximum absolute atomic E-state index is 5.76. The normalized spacial score (nSPS) is 23.2. The molecule has 0 bridgehead atoms. The summed E-state index contributed by atoms with van der Waals surface area (Å²) in [5, 5.41) is 3.76. The van der Waals surface area contributed by atoms with Crippen LogP contribution < -0.4 is 11.1 Å². The first-order chi connectivity index (χ1) is 7.52. The minimum absolute atomic E-state index is 0.368. The van der Waals surface area contributed by atoms with E-state index in [1.165, 1.54) is 51.5 Å². The third-order valence-corrected chi connectivity index (χ3v) is 3.94. The first kappa shape index (κ1) is 14.0. The van der Waals surface area contributed by atoms with Crippen LogP contribution in [0.4, 0.5) is 0 Å². The third kappa shape index (κ3) is 5.31. The molecular formula is C14H30N2. The van der Waals surface area contributed by atoms with Crippen LogP contribution in [-0.2, 0) is 0 Å². The Balaban J connectivity index is 2.07. The van der Waals surface area contributed by atoms with Crippen molar-refractivity contribution >= 4 is 0 Å². The molecule has 0 aromatic carbocycles. The second-order valence-corrected chi connectivity index (χ2v) is 6.16. The fourth-order valence-corrected chi connectivity index (χ4v) is 2.64. The molecule has 0 radical (unpaired) electrons. The van der Waals surface area contributed by atoms with Crippen LogP contribution in [0.2, 0.25) is 0 Å². The molecule has 0 spiro atoms. The molecule has 0 amide bonds. The zero-order valence-electron chi connectivity index (χ0n) is 11.4. The number of hydrogen-bond donors (Lipinski definition) is 2. The van der Waals surface area contributed by atoms with E-state index in [0.29, 0.717) is 11.6 Å². The van der Waals surface area contributed by atoms with Crippen molar-refractivity contribution in [3.63, 3.8) is 0 Å². The molecule has 0 aromatic rings. The summed E-state index contributed by atoms with van der Waals surface area (Å²) >= 11 is 0. The van der Waals surface area contributed by atoms with Crippen molar-refractivity contribution in [2.24, 2.45) is 11.7 Å². The Bertz CT molecular complexity index is 183. The lowest BCUT2D eigenvalue weighted by Crippen LogP contribution is -2.41. The highest BCUT2D eigenvalue weighted by Crippen LogP contribution is 2.29. The van der Waals surface area contributed by atoms with Gasteiger partial charge in [0.05, 0.1) is 0 Å². The zero-order valence-corrected chi connectivity index (χ0v) is 11.4. The molecule has 1 saturated carbocycles. The minimum Gasteiger partial charge on any atom is -0.328 e. The van der Waals surface area contributed by atoms with Crippen molar-refractivity contribution in [3.8, 4) is 0 Å². The van der Waals surface area contributed by atoms with Gasteiger partial charge >= 0.3 is 0 Å². The van der Waals surface area contributed by atoms with E-state index in [1.54, 1.807) is 0 Å². The molecule has 0 aliphatic heterocycles. The second kappa shape index (κ2) is 6.61. The summed E-state index contributed by atoms with van der Waals surface area (Å²) in [7, 11) is 0. The zero-order chi connectivity index (χ0) is 12.0. The molecule has 1 aliphatic carbocycles. The van der Waals surface area contributed by atoms with E-state index < -0.39 is 0 Å². The summed E-state index contributed by atoms with van der Waals surface area (Å²) in [6.45, 7) is 8.01. The lowest BCUT2D eigenvalue weighted by atomic mass is 9.97. The minimum atomic E-state index is 0.368. The summed E-state index contributed by atoms with van der Waals surface area (Å²) in [6.07, 6.45) is 9.29. The van der Waals surface area contributed by atoms with E-state index in [1.807, 2.05) is 0 Å². The molecule has 1 aliphatic rings. The van der Waals surface area contributed by atoms with Crippen molar-refractivity contribution in [1.29, 1.82) is 0 Å². The van der Waals surface area contributed by atoms with Crippen LogP contribution >= 0.6 is 0 Å². The van der Waals surface area contributed by atoms with E-state index in [-0.39, 0.29) is 0 Å². The molecule has 0 aromatic heterocycles. The van der Waals surface area contributed by atoms with Crippen LogP contribution in [0.25, 0.3) is 0 Å². The van der Waals surface area contributed by atoms with Crippen molar-refractivity contribution in [2.45, 2.75) is 77.3 Å². The standard InChI is InChI=1S/C14H30N2/c1-12(7-6-8-13(2)15)11-16-14(3)9-4-5-10-14/h12-13,16H,4-11,15H2,1-3H3. The molecule has 2 unspecified atom stereocenters. The lowest BCUT2D eigenvalue weighted by molar-refractivity contribution is 0.326. The molecule has 96 valence electrons. The summed E-state index contributed by atoms with van der Waals surface area (Å²) in [4.78, 5) is 0. The fraction of sp³-hybridized carbons (Fsp3) is 1.00.